The summed E-state index contributed by atoms with van der Waals surface area (Å²) in [6, 6.07) is 12.8. The molecule has 0 N–H and O–H groups in total. The van der Waals surface area contributed by atoms with Crippen LogP contribution in [0.1, 0.15) is 31.9 Å². The highest BCUT2D eigenvalue weighted by Crippen LogP contribution is 2.29. The van der Waals surface area contributed by atoms with Gasteiger partial charge < -0.3 is 0 Å². The molecule has 2 nitrogen and oxygen atoms in total. The van der Waals surface area contributed by atoms with Gasteiger partial charge in [-0.15, -0.1) is 0 Å². The zero-order chi connectivity index (χ0) is 14.3. The quantitative estimate of drug-likeness (QED) is 0.627. The number of aryl methyl sites for hydroxylation is 1. The smallest absolute Gasteiger partial charge is 0.144 e. The van der Waals surface area contributed by atoms with Crippen LogP contribution in [0.4, 0.5) is 0 Å². The van der Waals surface area contributed by atoms with Crippen molar-refractivity contribution in [1.82, 2.24) is 9.38 Å². The molecule has 0 unspecified atom stereocenters. The van der Waals surface area contributed by atoms with E-state index in [2.05, 4.69) is 67.5 Å². The first-order valence-corrected chi connectivity index (χ1v) is 7.00. The maximum Gasteiger partial charge on any atom is 0.144 e. The average Bonchev–Trinajstić information content (AvgIpc) is 2.81. The number of benzene rings is 1. The van der Waals surface area contributed by atoms with Crippen LogP contribution in [0.2, 0.25) is 0 Å². The Kier molecular flexibility index (Phi) is 2.89. The Morgan fingerprint density at radius 3 is 2.55 bits per heavy atom. The molecule has 0 aliphatic carbocycles. The van der Waals surface area contributed by atoms with E-state index in [1.54, 1.807) is 0 Å². The van der Waals surface area contributed by atoms with E-state index in [0.717, 1.165) is 11.3 Å². The van der Waals surface area contributed by atoms with E-state index in [0.29, 0.717) is 0 Å². The molecule has 3 aromatic rings. The summed E-state index contributed by atoms with van der Waals surface area (Å²) in [6.07, 6.45) is 3.99. The van der Waals surface area contributed by atoms with Gasteiger partial charge in [0.15, 0.2) is 0 Å². The van der Waals surface area contributed by atoms with Crippen LogP contribution in [0.3, 0.4) is 0 Å². The minimum Gasteiger partial charge on any atom is -0.300 e. The number of fused-ring (bicyclic) bond motifs is 1. The van der Waals surface area contributed by atoms with Crippen molar-refractivity contribution in [3.8, 4) is 11.4 Å². The van der Waals surface area contributed by atoms with Crippen LogP contribution >= 0.6 is 0 Å². The van der Waals surface area contributed by atoms with Crippen LogP contribution in [-0.2, 0) is 5.41 Å². The Hall–Kier alpha value is -2.09. The SMILES string of the molecule is Cc1cc(C(C)(C)C)ccc1-c1ncc2ccccn12. The van der Waals surface area contributed by atoms with Crippen molar-refractivity contribution in [2.24, 2.45) is 0 Å². The van der Waals surface area contributed by atoms with Crippen LogP contribution in [0.25, 0.3) is 16.9 Å². The van der Waals surface area contributed by atoms with Crippen LogP contribution in [-0.4, -0.2) is 9.38 Å². The molecular formula is C18H20N2. The molecule has 3 rings (SSSR count). The van der Waals surface area contributed by atoms with Gasteiger partial charge in [-0.2, -0.15) is 0 Å². The predicted molar refractivity (Wildman–Crippen MR) is 84.1 cm³/mol. The normalized spacial score (nSPS) is 12.0. The van der Waals surface area contributed by atoms with E-state index in [1.165, 1.54) is 16.7 Å². The molecule has 0 saturated carbocycles. The van der Waals surface area contributed by atoms with Crippen molar-refractivity contribution >= 4 is 5.52 Å². The lowest BCUT2D eigenvalue weighted by atomic mass is 9.85. The van der Waals surface area contributed by atoms with Gasteiger partial charge in [-0.1, -0.05) is 45.0 Å². The lowest BCUT2D eigenvalue weighted by Gasteiger charge is -2.20. The van der Waals surface area contributed by atoms with Gasteiger partial charge in [0.2, 0.25) is 0 Å². The van der Waals surface area contributed by atoms with Gasteiger partial charge in [0, 0.05) is 11.8 Å². The number of imidazole rings is 1. The van der Waals surface area contributed by atoms with E-state index in [4.69, 9.17) is 0 Å². The lowest BCUT2D eigenvalue weighted by molar-refractivity contribution is 0.590. The summed E-state index contributed by atoms with van der Waals surface area (Å²) >= 11 is 0. The zero-order valence-electron chi connectivity index (χ0n) is 12.5. The maximum atomic E-state index is 4.58. The van der Waals surface area contributed by atoms with Crippen molar-refractivity contribution in [3.63, 3.8) is 0 Å². The fraction of sp³-hybridized carbons (Fsp3) is 0.278. The summed E-state index contributed by atoms with van der Waals surface area (Å²) < 4.78 is 2.14. The highest BCUT2D eigenvalue weighted by atomic mass is 15.0. The molecular weight excluding hydrogens is 244 g/mol. The van der Waals surface area contributed by atoms with Crippen LogP contribution in [0.15, 0.2) is 48.8 Å². The Bertz CT molecular complexity index is 760. The second kappa shape index (κ2) is 4.48. The van der Waals surface area contributed by atoms with Crippen molar-refractivity contribution < 1.29 is 0 Å². The van der Waals surface area contributed by atoms with Crippen LogP contribution in [0, 0.1) is 6.92 Å². The Labute approximate surface area is 120 Å². The molecule has 0 saturated heterocycles. The molecule has 0 aliphatic rings. The van der Waals surface area contributed by atoms with Crippen molar-refractivity contribution in [3.05, 3.63) is 59.9 Å². The first-order valence-electron chi connectivity index (χ1n) is 7.00. The highest BCUT2D eigenvalue weighted by molar-refractivity contribution is 5.66. The first kappa shape index (κ1) is 12.9. The summed E-state index contributed by atoms with van der Waals surface area (Å²) in [6.45, 7) is 8.89. The summed E-state index contributed by atoms with van der Waals surface area (Å²) in [7, 11) is 0. The van der Waals surface area contributed by atoms with E-state index in [9.17, 15) is 0 Å². The minimum absolute atomic E-state index is 0.179. The number of pyridine rings is 1. The molecule has 2 heterocycles. The molecule has 102 valence electrons. The molecule has 20 heavy (non-hydrogen) atoms. The van der Waals surface area contributed by atoms with E-state index >= 15 is 0 Å². The second-order valence-corrected chi connectivity index (χ2v) is 6.36. The van der Waals surface area contributed by atoms with Crippen molar-refractivity contribution in [2.75, 3.05) is 0 Å². The van der Waals surface area contributed by atoms with Crippen molar-refractivity contribution in [2.45, 2.75) is 33.1 Å². The second-order valence-electron chi connectivity index (χ2n) is 6.36. The van der Waals surface area contributed by atoms with Gasteiger partial charge in [0.1, 0.15) is 5.82 Å². The minimum atomic E-state index is 0.179. The Balaban J connectivity index is 2.16. The number of hydrogen-bond acceptors (Lipinski definition) is 1. The summed E-state index contributed by atoms with van der Waals surface area (Å²) in [4.78, 5) is 4.58. The molecule has 2 aromatic heterocycles. The lowest BCUT2D eigenvalue weighted by Crippen LogP contribution is -2.11. The Morgan fingerprint density at radius 1 is 1.05 bits per heavy atom. The molecule has 0 bridgehead atoms. The molecule has 0 amide bonds. The van der Waals surface area contributed by atoms with E-state index < -0.39 is 0 Å². The topological polar surface area (TPSA) is 17.3 Å². The predicted octanol–water partition coefficient (Wildman–Crippen LogP) is 4.61. The molecule has 2 heteroatoms. The third-order valence-electron chi connectivity index (χ3n) is 3.77. The first-order chi connectivity index (χ1) is 9.47. The van der Waals surface area contributed by atoms with Gasteiger partial charge in [0.05, 0.1) is 11.7 Å². The van der Waals surface area contributed by atoms with E-state index in [-0.39, 0.29) is 5.41 Å². The van der Waals surface area contributed by atoms with Gasteiger partial charge in [-0.3, -0.25) is 4.40 Å². The fourth-order valence-corrected chi connectivity index (χ4v) is 2.52. The molecule has 0 fully saturated rings. The van der Waals surface area contributed by atoms with Gasteiger partial charge in [-0.05, 0) is 35.6 Å². The summed E-state index contributed by atoms with van der Waals surface area (Å²) in [5, 5.41) is 0. The Morgan fingerprint density at radius 2 is 1.85 bits per heavy atom. The standard InChI is InChI=1S/C18H20N2/c1-13-11-14(18(2,3)4)8-9-16(13)17-19-12-15-7-5-6-10-20(15)17/h5-12H,1-4H3. The maximum absolute atomic E-state index is 4.58. The highest BCUT2D eigenvalue weighted by Gasteiger charge is 2.16. The number of aromatic nitrogens is 2. The summed E-state index contributed by atoms with van der Waals surface area (Å²) in [5.41, 5.74) is 5.14. The largest absolute Gasteiger partial charge is 0.300 e. The molecule has 0 aliphatic heterocycles. The average molecular weight is 264 g/mol. The molecule has 0 spiro atoms. The third kappa shape index (κ3) is 2.11. The van der Waals surface area contributed by atoms with Gasteiger partial charge in [0.25, 0.3) is 0 Å². The molecule has 0 atom stereocenters. The molecule has 1 aromatic carbocycles. The van der Waals surface area contributed by atoms with Crippen LogP contribution in [0.5, 0.6) is 0 Å². The summed E-state index contributed by atoms with van der Waals surface area (Å²) in [5.74, 6) is 1.01. The van der Waals surface area contributed by atoms with E-state index in [1.807, 2.05) is 18.3 Å². The van der Waals surface area contributed by atoms with Gasteiger partial charge in [-0.25, -0.2) is 4.98 Å². The number of nitrogens with zero attached hydrogens (tertiary/aromatic N) is 2. The van der Waals surface area contributed by atoms with Crippen LogP contribution < -0.4 is 0 Å². The van der Waals surface area contributed by atoms with Gasteiger partial charge >= 0.3 is 0 Å². The fourth-order valence-electron chi connectivity index (χ4n) is 2.52. The molecule has 0 radical (unpaired) electrons. The number of hydrogen-bond donors (Lipinski definition) is 0. The van der Waals surface area contributed by atoms with Crippen molar-refractivity contribution in [1.29, 1.82) is 0 Å². The third-order valence-corrected chi connectivity index (χ3v) is 3.77. The zero-order valence-corrected chi connectivity index (χ0v) is 12.5. The monoisotopic (exact) mass is 264 g/mol. The number of rotatable bonds is 1.